The first-order valence-electron chi connectivity index (χ1n) is 22.7. The van der Waals surface area contributed by atoms with Gasteiger partial charge in [0.1, 0.15) is 13.2 Å². The molecule has 0 aromatic carbocycles. The van der Waals surface area contributed by atoms with E-state index in [0.29, 0.717) is 17.4 Å². The quantitative estimate of drug-likeness (QED) is 0.0247. The molecule has 0 aromatic heterocycles. The fourth-order valence-corrected chi connectivity index (χ4v) is 7.26. The van der Waals surface area contributed by atoms with E-state index in [1.807, 2.05) is 27.2 Å². The minimum Gasteiger partial charge on any atom is -0.387 e. The lowest BCUT2D eigenvalue weighted by molar-refractivity contribution is -0.870. The zero-order valence-electron chi connectivity index (χ0n) is 36.2. The van der Waals surface area contributed by atoms with Crippen LogP contribution in [0.2, 0.25) is 0 Å². The van der Waals surface area contributed by atoms with Crippen molar-refractivity contribution >= 4 is 13.7 Å². The van der Waals surface area contributed by atoms with Gasteiger partial charge in [-0.1, -0.05) is 192 Å². The summed E-state index contributed by atoms with van der Waals surface area (Å²) >= 11 is 0. The normalized spacial score (nSPS) is 14.6. The van der Waals surface area contributed by atoms with Gasteiger partial charge in [0.2, 0.25) is 5.91 Å². The van der Waals surface area contributed by atoms with Crippen LogP contribution >= 0.6 is 7.82 Å². The van der Waals surface area contributed by atoms with Gasteiger partial charge in [0.25, 0.3) is 0 Å². The van der Waals surface area contributed by atoms with Crippen LogP contribution in [-0.4, -0.2) is 73.4 Å². The van der Waals surface area contributed by atoms with Gasteiger partial charge in [-0.05, 0) is 32.1 Å². The Bertz CT molecular complexity index is 938. The summed E-state index contributed by atoms with van der Waals surface area (Å²) in [6.45, 7) is 4.78. The number of unbranched alkanes of at least 4 members (excludes halogenated alkanes) is 26. The highest BCUT2D eigenvalue weighted by atomic mass is 31.2. The molecule has 0 saturated carbocycles. The van der Waals surface area contributed by atoms with Crippen molar-refractivity contribution in [2.24, 2.45) is 0 Å². The molecule has 54 heavy (non-hydrogen) atoms. The standard InChI is InChI=1S/C45H89N2O6P/c1-6-8-10-12-14-16-18-20-21-22-23-24-25-26-27-29-31-33-35-37-39-45(49)46-43(42-53-54(50,51)52-41-40-47(3,4)5)44(48)38-36-34-32-30-28-19-17-15-13-11-9-7-2/h28,30,36,38,43-44,48H,6-27,29,31-35,37,39-42H2,1-5H3,(H-,46,49,50,51)/p+1/b30-28+,38-36+. The van der Waals surface area contributed by atoms with E-state index in [9.17, 15) is 19.4 Å². The van der Waals surface area contributed by atoms with Crippen LogP contribution in [0.25, 0.3) is 0 Å². The third-order valence-electron chi connectivity index (χ3n) is 10.2. The van der Waals surface area contributed by atoms with Crippen molar-refractivity contribution in [2.45, 2.75) is 219 Å². The van der Waals surface area contributed by atoms with Crippen LogP contribution in [0.4, 0.5) is 0 Å². The van der Waals surface area contributed by atoms with Crippen LogP contribution in [0, 0.1) is 0 Å². The number of phosphoric ester groups is 1. The Kier molecular flexibility index (Phi) is 36.8. The Balaban J connectivity index is 4.33. The predicted octanol–water partition coefficient (Wildman–Crippen LogP) is 12.5. The Hall–Kier alpha value is -1.02. The molecule has 0 aliphatic rings. The highest BCUT2D eigenvalue weighted by Crippen LogP contribution is 2.43. The fraction of sp³-hybridized carbons (Fsp3) is 0.889. The third-order valence-corrected chi connectivity index (χ3v) is 11.2. The maximum Gasteiger partial charge on any atom is 0.472 e. The molecule has 3 unspecified atom stereocenters. The van der Waals surface area contributed by atoms with Crippen LogP contribution < -0.4 is 5.32 Å². The third kappa shape index (κ3) is 39.2. The molecule has 0 heterocycles. The van der Waals surface area contributed by atoms with Gasteiger partial charge in [-0.3, -0.25) is 13.8 Å². The van der Waals surface area contributed by atoms with Gasteiger partial charge in [0.05, 0.1) is 39.9 Å². The van der Waals surface area contributed by atoms with Gasteiger partial charge < -0.3 is 19.8 Å². The number of aliphatic hydroxyl groups is 1. The molecule has 0 aliphatic carbocycles. The van der Waals surface area contributed by atoms with Crippen molar-refractivity contribution in [3.63, 3.8) is 0 Å². The van der Waals surface area contributed by atoms with Crippen LogP contribution in [0.15, 0.2) is 24.3 Å². The predicted molar refractivity (Wildman–Crippen MR) is 231 cm³/mol. The van der Waals surface area contributed by atoms with Crippen LogP contribution in [0.1, 0.15) is 206 Å². The number of phosphoric acid groups is 1. The molecular weight excluding hydrogens is 695 g/mol. The summed E-state index contributed by atoms with van der Waals surface area (Å²) in [5, 5.41) is 13.8. The van der Waals surface area contributed by atoms with Crippen LogP contribution in [0.3, 0.4) is 0 Å². The van der Waals surface area contributed by atoms with Crippen molar-refractivity contribution in [3.05, 3.63) is 24.3 Å². The average Bonchev–Trinajstić information content (AvgIpc) is 3.12. The summed E-state index contributed by atoms with van der Waals surface area (Å²) in [4.78, 5) is 23.1. The second-order valence-corrected chi connectivity index (χ2v) is 18.2. The molecule has 0 fully saturated rings. The fourth-order valence-electron chi connectivity index (χ4n) is 6.53. The highest BCUT2D eigenvalue weighted by Gasteiger charge is 2.27. The lowest BCUT2D eigenvalue weighted by Gasteiger charge is -2.25. The number of carbonyl (C=O) groups is 1. The molecular formula is C45H90N2O6P+. The molecule has 9 heteroatoms. The van der Waals surface area contributed by atoms with E-state index >= 15 is 0 Å². The Morgan fingerprint density at radius 2 is 1.02 bits per heavy atom. The van der Waals surface area contributed by atoms with Gasteiger partial charge in [-0.15, -0.1) is 0 Å². The van der Waals surface area contributed by atoms with E-state index in [1.165, 1.54) is 148 Å². The Morgan fingerprint density at radius 1 is 0.611 bits per heavy atom. The van der Waals surface area contributed by atoms with Gasteiger partial charge >= 0.3 is 7.82 Å². The lowest BCUT2D eigenvalue weighted by atomic mass is 10.0. The monoisotopic (exact) mass is 786 g/mol. The first-order valence-corrected chi connectivity index (χ1v) is 24.2. The molecule has 0 rings (SSSR count). The first-order chi connectivity index (χ1) is 26.0. The van der Waals surface area contributed by atoms with Gasteiger partial charge in [0, 0.05) is 6.42 Å². The topological polar surface area (TPSA) is 105 Å². The second kappa shape index (κ2) is 37.6. The summed E-state index contributed by atoms with van der Waals surface area (Å²) in [7, 11) is 1.56. The van der Waals surface area contributed by atoms with Crippen LogP contribution in [-0.2, 0) is 18.4 Å². The van der Waals surface area contributed by atoms with Crippen LogP contribution in [0.5, 0.6) is 0 Å². The van der Waals surface area contributed by atoms with Crippen molar-refractivity contribution in [3.8, 4) is 0 Å². The summed E-state index contributed by atoms with van der Waals surface area (Å²) < 4.78 is 23.5. The van der Waals surface area contributed by atoms with Gasteiger partial charge in [-0.25, -0.2) is 4.57 Å². The lowest BCUT2D eigenvalue weighted by Crippen LogP contribution is -2.45. The van der Waals surface area contributed by atoms with E-state index < -0.39 is 20.0 Å². The van der Waals surface area contributed by atoms with E-state index in [2.05, 4.69) is 31.3 Å². The number of nitrogens with zero attached hydrogens (tertiary/aromatic N) is 1. The maximum absolute atomic E-state index is 12.9. The molecule has 0 saturated heterocycles. The minimum absolute atomic E-state index is 0.0581. The van der Waals surface area contributed by atoms with Crippen molar-refractivity contribution in [1.82, 2.24) is 5.32 Å². The molecule has 1 amide bonds. The number of amides is 1. The van der Waals surface area contributed by atoms with E-state index in [-0.39, 0.29) is 19.1 Å². The molecule has 0 aliphatic heterocycles. The number of hydrogen-bond donors (Lipinski definition) is 3. The summed E-state index contributed by atoms with van der Waals surface area (Å²) in [5.74, 6) is -0.185. The van der Waals surface area contributed by atoms with Crippen molar-refractivity contribution < 1.29 is 32.9 Å². The van der Waals surface area contributed by atoms with E-state index in [4.69, 9.17) is 9.05 Å². The van der Waals surface area contributed by atoms with Gasteiger partial charge in [-0.2, -0.15) is 0 Å². The second-order valence-electron chi connectivity index (χ2n) is 16.8. The first kappa shape index (κ1) is 53.0. The largest absolute Gasteiger partial charge is 0.472 e. The van der Waals surface area contributed by atoms with Gasteiger partial charge in [0.15, 0.2) is 0 Å². The molecule has 0 radical (unpaired) electrons. The highest BCUT2D eigenvalue weighted by molar-refractivity contribution is 7.47. The molecule has 3 atom stereocenters. The minimum atomic E-state index is -4.34. The molecule has 8 nitrogen and oxygen atoms in total. The summed E-state index contributed by atoms with van der Waals surface area (Å²) in [6.07, 6.45) is 44.0. The Labute approximate surface area is 334 Å². The molecule has 3 N–H and O–H groups in total. The molecule has 0 bridgehead atoms. The summed E-state index contributed by atoms with van der Waals surface area (Å²) in [6, 6.07) is -0.857. The number of allylic oxidation sites excluding steroid dienone is 3. The zero-order valence-corrected chi connectivity index (χ0v) is 37.1. The molecule has 0 aromatic rings. The number of quaternary nitrogens is 1. The number of carbonyl (C=O) groups excluding carboxylic acids is 1. The molecule has 320 valence electrons. The number of hydrogen-bond acceptors (Lipinski definition) is 5. The SMILES string of the molecule is CCCCCCCC/C=C/CC/C=C/C(O)C(COP(=O)(O)OCC[N+](C)(C)C)NC(=O)CCCCCCCCCCCCCCCCCCCCCC. The average molecular weight is 786 g/mol. The zero-order chi connectivity index (χ0) is 40.0. The summed E-state index contributed by atoms with van der Waals surface area (Å²) in [5.41, 5.74) is 0. The van der Waals surface area contributed by atoms with E-state index in [1.54, 1.807) is 6.08 Å². The number of aliphatic hydroxyl groups excluding tert-OH is 1. The number of rotatable bonds is 41. The number of likely N-dealkylation sites (N-methyl/N-ethyl adjacent to an activating group) is 1. The van der Waals surface area contributed by atoms with Crippen molar-refractivity contribution in [2.75, 3.05) is 40.9 Å². The van der Waals surface area contributed by atoms with E-state index in [0.717, 1.165) is 38.5 Å². The Morgan fingerprint density at radius 3 is 1.48 bits per heavy atom. The maximum atomic E-state index is 12.9. The number of nitrogens with one attached hydrogen (secondary N) is 1. The molecule has 0 spiro atoms. The van der Waals surface area contributed by atoms with Crippen molar-refractivity contribution in [1.29, 1.82) is 0 Å². The smallest absolute Gasteiger partial charge is 0.387 e.